The Morgan fingerprint density at radius 3 is 2.46 bits per heavy atom. The first-order valence-electron chi connectivity index (χ1n) is 7.79. The Morgan fingerprint density at radius 1 is 1.38 bits per heavy atom. The molecule has 1 aliphatic heterocycles. The monoisotopic (exact) mass is 340 g/mol. The van der Waals surface area contributed by atoms with E-state index in [2.05, 4.69) is 10.2 Å². The Hall–Kier alpha value is -2.45. The Labute approximate surface area is 140 Å². The van der Waals surface area contributed by atoms with Gasteiger partial charge in [0.05, 0.1) is 13.1 Å². The van der Waals surface area contributed by atoms with Crippen LogP contribution >= 0.6 is 0 Å². The van der Waals surface area contributed by atoms with Crippen molar-refractivity contribution >= 4 is 18.3 Å². The van der Waals surface area contributed by atoms with Crippen LogP contribution in [0.25, 0.3) is 0 Å². The van der Waals surface area contributed by atoms with Crippen molar-refractivity contribution in [3.05, 3.63) is 11.8 Å². The predicted octanol–water partition coefficient (Wildman–Crippen LogP) is 0.684. The summed E-state index contributed by atoms with van der Waals surface area (Å²) in [7, 11) is 0. The molecule has 0 bridgehead atoms. The zero-order valence-corrected chi connectivity index (χ0v) is 14.4. The number of nitrogens with zero attached hydrogens (tertiary/aromatic N) is 4. The van der Waals surface area contributed by atoms with Gasteiger partial charge in [-0.05, 0) is 19.3 Å². The van der Waals surface area contributed by atoms with Crippen molar-refractivity contribution in [1.29, 1.82) is 0 Å². The Balaban J connectivity index is 0.000000891. The third-order valence-corrected chi connectivity index (χ3v) is 3.57. The molecule has 1 N–H and O–H groups in total. The Kier molecular flexibility index (Phi) is 7.34. The summed E-state index contributed by atoms with van der Waals surface area (Å²) in [6.07, 6.45) is 0.633. The molecule has 2 rings (SSSR count). The van der Waals surface area contributed by atoms with Crippen LogP contribution in [0.5, 0.6) is 0 Å². The standard InChI is InChI=1S/C14H22N4O3.CH2O2/c1-5-17-8-13(19)18(7-12-16-15-10(4)21-12)11(14(17)20)6-9(2)3;2-1-3/h9,11H,5-8H2,1-4H3;1H,(H,2,3)/t11-;/m0./s1. The Morgan fingerprint density at radius 2 is 2.00 bits per heavy atom. The summed E-state index contributed by atoms with van der Waals surface area (Å²) in [5.41, 5.74) is 0. The van der Waals surface area contributed by atoms with E-state index in [0.29, 0.717) is 30.7 Å². The van der Waals surface area contributed by atoms with Crippen molar-refractivity contribution in [2.24, 2.45) is 5.92 Å². The van der Waals surface area contributed by atoms with E-state index in [1.165, 1.54) is 0 Å². The third kappa shape index (κ3) is 5.04. The molecule has 9 nitrogen and oxygen atoms in total. The molecule has 0 unspecified atom stereocenters. The minimum atomic E-state index is -0.446. The molecule has 1 aromatic heterocycles. The van der Waals surface area contributed by atoms with Crippen molar-refractivity contribution in [3.63, 3.8) is 0 Å². The number of carboxylic acid groups (broad SMARTS) is 1. The highest BCUT2D eigenvalue weighted by Crippen LogP contribution is 2.21. The summed E-state index contributed by atoms with van der Waals surface area (Å²) in [6, 6.07) is -0.446. The van der Waals surface area contributed by atoms with E-state index in [1.807, 2.05) is 20.8 Å². The molecule has 9 heteroatoms. The molecule has 1 atom stereocenters. The number of carbonyl (C=O) groups is 3. The maximum atomic E-state index is 12.5. The largest absolute Gasteiger partial charge is 0.483 e. The van der Waals surface area contributed by atoms with Crippen LogP contribution in [0.1, 0.15) is 39.0 Å². The smallest absolute Gasteiger partial charge is 0.290 e. The lowest BCUT2D eigenvalue weighted by Gasteiger charge is -2.40. The highest BCUT2D eigenvalue weighted by atomic mass is 16.4. The van der Waals surface area contributed by atoms with Gasteiger partial charge < -0.3 is 19.3 Å². The molecule has 2 heterocycles. The molecule has 134 valence electrons. The summed E-state index contributed by atoms with van der Waals surface area (Å²) < 4.78 is 5.34. The SMILES string of the molecule is CCN1CC(=O)N(Cc2nnc(C)o2)[C@@H](CC(C)C)C1=O.O=CO. The number of hydrogen-bond acceptors (Lipinski definition) is 6. The summed E-state index contributed by atoms with van der Waals surface area (Å²) in [5, 5.41) is 14.6. The van der Waals surface area contributed by atoms with E-state index >= 15 is 0 Å². The van der Waals surface area contributed by atoms with Gasteiger partial charge in [-0.25, -0.2) is 0 Å². The number of hydrogen-bond donors (Lipinski definition) is 1. The second-order valence-electron chi connectivity index (χ2n) is 5.84. The highest BCUT2D eigenvalue weighted by molar-refractivity contribution is 5.94. The van der Waals surface area contributed by atoms with Gasteiger partial charge in [-0.15, -0.1) is 10.2 Å². The fraction of sp³-hybridized carbons (Fsp3) is 0.667. The van der Waals surface area contributed by atoms with Gasteiger partial charge in [-0.2, -0.15) is 0 Å². The van der Waals surface area contributed by atoms with Crippen LogP contribution in [-0.4, -0.2) is 62.5 Å². The number of likely N-dealkylation sites (N-methyl/N-ethyl adjacent to an activating group) is 1. The van der Waals surface area contributed by atoms with E-state index in [9.17, 15) is 9.59 Å². The van der Waals surface area contributed by atoms with Crippen molar-refractivity contribution in [3.8, 4) is 0 Å². The average Bonchev–Trinajstić information content (AvgIpc) is 2.92. The summed E-state index contributed by atoms with van der Waals surface area (Å²) in [6.45, 7) is 8.28. The van der Waals surface area contributed by atoms with E-state index in [1.54, 1.807) is 16.7 Å². The molecule has 0 aromatic carbocycles. The number of carbonyl (C=O) groups excluding carboxylic acids is 2. The number of aryl methyl sites for hydroxylation is 1. The molecule has 1 fully saturated rings. The van der Waals surface area contributed by atoms with Gasteiger partial charge in [0.15, 0.2) is 0 Å². The molecular formula is C15H24N4O5. The summed E-state index contributed by atoms with van der Waals surface area (Å²) in [5.74, 6) is 1.07. The van der Waals surface area contributed by atoms with Gasteiger partial charge in [-0.1, -0.05) is 13.8 Å². The topological polar surface area (TPSA) is 117 Å². The first-order valence-corrected chi connectivity index (χ1v) is 7.79. The van der Waals surface area contributed by atoms with E-state index < -0.39 is 6.04 Å². The first kappa shape index (κ1) is 19.6. The fourth-order valence-electron chi connectivity index (χ4n) is 2.54. The van der Waals surface area contributed by atoms with Crippen molar-refractivity contribution in [2.75, 3.05) is 13.1 Å². The van der Waals surface area contributed by atoms with Crippen molar-refractivity contribution < 1.29 is 23.9 Å². The molecule has 2 amide bonds. The number of piperazine rings is 1. The molecule has 0 radical (unpaired) electrons. The molecule has 1 saturated heterocycles. The average molecular weight is 340 g/mol. The van der Waals surface area contributed by atoms with Crippen LogP contribution in [0.3, 0.4) is 0 Å². The van der Waals surface area contributed by atoms with E-state index in [-0.39, 0.29) is 31.4 Å². The lowest BCUT2D eigenvalue weighted by molar-refractivity contribution is -0.157. The van der Waals surface area contributed by atoms with Crippen LogP contribution < -0.4 is 0 Å². The number of amides is 2. The molecule has 1 aromatic rings. The number of aromatic nitrogens is 2. The number of rotatable bonds is 5. The minimum Gasteiger partial charge on any atom is -0.483 e. The second kappa shape index (κ2) is 8.99. The van der Waals surface area contributed by atoms with Crippen molar-refractivity contribution in [2.45, 2.75) is 46.7 Å². The van der Waals surface area contributed by atoms with Crippen molar-refractivity contribution in [1.82, 2.24) is 20.0 Å². The van der Waals surface area contributed by atoms with Crippen LogP contribution in [0.2, 0.25) is 0 Å². The van der Waals surface area contributed by atoms with Gasteiger partial charge in [-0.3, -0.25) is 14.4 Å². The lowest BCUT2D eigenvalue weighted by Crippen LogP contribution is -2.59. The van der Waals surface area contributed by atoms with Crippen LogP contribution in [0, 0.1) is 12.8 Å². The maximum Gasteiger partial charge on any atom is 0.290 e. The predicted molar refractivity (Wildman–Crippen MR) is 83.8 cm³/mol. The van der Waals surface area contributed by atoms with Gasteiger partial charge >= 0.3 is 0 Å². The highest BCUT2D eigenvalue weighted by Gasteiger charge is 2.39. The lowest BCUT2D eigenvalue weighted by atomic mass is 9.99. The quantitative estimate of drug-likeness (QED) is 0.783. The van der Waals surface area contributed by atoms with Crippen LogP contribution in [0.4, 0.5) is 0 Å². The van der Waals surface area contributed by atoms with Gasteiger partial charge in [0.2, 0.25) is 23.6 Å². The molecule has 0 saturated carbocycles. The van der Waals surface area contributed by atoms with Crippen LogP contribution in [-0.2, 0) is 20.9 Å². The van der Waals surface area contributed by atoms with Gasteiger partial charge in [0, 0.05) is 13.5 Å². The Bertz CT molecular complexity index is 572. The maximum absolute atomic E-state index is 12.5. The second-order valence-corrected chi connectivity index (χ2v) is 5.84. The van der Waals surface area contributed by atoms with E-state index in [4.69, 9.17) is 14.3 Å². The minimum absolute atomic E-state index is 0.00189. The molecule has 24 heavy (non-hydrogen) atoms. The summed E-state index contributed by atoms with van der Waals surface area (Å²) in [4.78, 5) is 36.4. The van der Waals surface area contributed by atoms with Gasteiger partial charge in [0.1, 0.15) is 6.04 Å². The normalized spacial score (nSPS) is 17.8. The summed E-state index contributed by atoms with van der Waals surface area (Å²) >= 11 is 0. The zero-order valence-electron chi connectivity index (χ0n) is 14.4. The van der Waals surface area contributed by atoms with Gasteiger partial charge in [0.25, 0.3) is 6.47 Å². The third-order valence-electron chi connectivity index (χ3n) is 3.57. The molecular weight excluding hydrogens is 316 g/mol. The van der Waals surface area contributed by atoms with Crippen LogP contribution in [0.15, 0.2) is 4.42 Å². The zero-order chi connectivity index (χ0) is 18.3. The molecule has 1 aliphatic rings. The fourth-order valence-corrected chi connectivity index (χ4v) is 2.54. The van der Waals surface area contributed by atoms with E-state index in [0.717, 1.165) is 0 Å². The first-order chi connectivity index (χ1) is 11.3. The molecule has 0 aliphatic carbocycles. The molecule has 0 spiro atoms.